The lowest BCUT2D eigenvalue weighted by atomic mass is 9.91. The number of halogens is 1. The molecule has 2 aliphatic heterocycles. The van der Waals surface area contributed by atoms with Crippen molar-refractivity contribution in [1.82, 2.24) is 9.80 Å². The van der Waals surface area contributed by atoms with E-state index in [1.807, 2.05) is 4.90 Å². The molecule has 2 aliphatic rings. The number of amides is 2. The van der Waals surface area contributed by atoms with Crippen molar-refractivity contribution in [2.75, 3.05) is 20.1 Å². The van der Waals surface area contributed by atoms with Gasteiger partial charge in [0.05, 0.1) is 12.0 Å². The van der Waals surface area contributed by atoms with Crippen LogP contribution in [0.1, 0.15) is 37.8 Å². The van der Waals surface area contributed by atoms with E-state index in [0.717, 1.165) is 31.5 Å². The van der Waals surface area contributed by atoms with Gasteiger partial charge in [0, 0.05) is 26.6 Å². The maximum absolute atomic E-state index is 13.2. The minimum absolute atomic E-state index is 0.0252. The quantitative estimate of drug-likeness (QED) is 0.841. The van der Waals surface area contributed by atoms with Gasteiger partial charge in [0.1, 0.15) is 5.82 Å². The van der Waals surface area contributed by atoms with Gasteiger partial charge in [0.2, 0.25) is 11.8 Å². The van der Waals surface area contributed by atoms with Crippen LogP contribution in [0.3, 0.4) is 0 Å². The molecule has 0 saturated carbocycles. The molecule has 0 N–H and O–H groups in total. The number of carbonyl (C=O) groups is 2. The van der Waals surface area contributed by atoms with Crippen molar-refractivity contribution in [3.8, 4) is 0 Å². The van der Waals surface area contributed by atoms with E-state index in [4.69, 9.17) is 0 Å². The van der Waals surface area contributed by atoms with Crippen LogP contribution in [0.5, 0.6) is 0 Å². The Morgan fingerprint density at radius 3 is 2.61 bits per heavy atom. The minimum atomic E-state index is -0.372. The maximum Gasteiger partial charge on any atom is 0.228 e. The number of benzene rings is 1. The van der Waals surface area contributed by atoms with Crippen molar-refractivity contribution in [3.05, 3.63) is 35.6 Å². The van der Waals surface area contributed by atoms with Crippen molar-refractivity contribution >= 4 is 11.8 Å². The predicted molar refractivity (Wildman–Crippen MR) is 85.0 cm³/mol. The molecule has 2 amide bonds. The summed E-state index contributed by atoms with van der Waals surface area (Å²) in [5.74, 6) is -0.144. The lowest BCUT2D eigenvalue weighted by Crippen LogP contribution is -2.43. The summed E-state index contributed by atoms with van der Waals surface area (Å²) in [6.07, 6.45) is 2.40. The van der Waals surface area contributed by atoms with E-state index in [-0.39, 0.29) is 36.0 Å². The summed E-state index contributed by atoms with van der Waals surface area (Å²) in [4.78, 5) is 28.7. The lowest BCUT2D eigenvalue weighted by Gasteiger charge is -2.34. The van der Waals surface area contributed by atoms with E-state index < -0.39 is 0 Å². The number of hydrogen-bond acceptors (Lipinski definition) is 2. The molecular formula is C18H23FN2O2. The molecule has 0 aromatic heterocycles. The number of hydrogen-bond donors (Lipinski definition) is 0. The zero-order valence-electron chi connectivity index (χ0n) is 13.7. The molecule has 1 aromatic rings. The van der Waals surface area contributed by atoms with E-state index in [1.54, 1.807) is 24.1 Å². The second-order valence-corrected chi connectivity index (χ2v) is 6.84. The Labute approximate surface area is 136 Å². The highest BCUT2D eigenvalue weighted by Crippen LogP contribution is 2.38. The number of nitrogens with zero attached hydrogens (tertiary/aromatic N) is 2. The van der Waals surface area contributed by atoms with E-state index in [2.05, 4.69) is 6.92 Å². The average Bonchev–Trinajstić information content (AvgIpc) is 2.83. The third-order valence-electron chi connectivity index (χ3n) is 5.08. The zero-order chi connectivity index (χ0) is 16.6. The number of rotatable bonds is 2. The van der Waals surface area contributed by atoms with Crippen LogP contribution in [-0.4, -0.2) is 41.8 Å². The van der Waals surface area contributed by atoms with Gasteiger partial charge in [-0.2, -0.15) is 0 Å². The summed E-state index contributed by atoms with van der Waals surface area (Å²) in [6.45, 7) is 3.69. The highest BCUT2D eigenvalue weighted by Gasteiger charge is 2.44. The first-order valence-corrected chi connectivity index (χ1v) is 8.27. The first kappa shape index (κ1) is 16.0. The van der Waals surface area contributed by atoms with Crippen molar-refractivity contribution in [3.63, 3.8) is 0 Å². The highest BCUT2D eigenvalue weighted by molar-refractivity contribution is 5.90. The summed E-state index contributed by atoms with van der Waals surface area (Å²) in [6, 6.07) is 5.82. The van der Waals surface area contributed by atoms with Gasteiger partial charge >= 0.3 is 0 Å². The molecule has 2 saturated heterocycles. The fraction of sp³-hybridized carbons (Fsp3) is 0.556. The first-order valence-electron chi connectivity index (χ1n) is 8.27. The summed E-state index contributed by atoms with van der Waals surface area (Å²) in [5, 5.41) is 0. The maximum atomic E-state index is 13.2. The Bertz CT molecular complexity index is 602. The molecule has 3 rings (SSSR count). The van der Waals surface area contributed by atoms with Crippen LogP contribution in [-0.2, 0) is 9.59 Å². The summed E-state index contributed by atoms with van der Waals surface area (Å²) in [5.41, 5.74) is 0.822. The van der Waals surface area contributed by atoms with Crippen LogP contribution in [0.15, 0.2) is 24.3 Å². The molecule has 124 valence electrons. The Morgan fingerprint density at radius 1 is 1.26 bits per heavy atom. The SMILES string of the molecule is C[C@@H]1CCCN(C(=O)[C@@H]2CC(=O)N(C)[C@H]2c2ccc(F)cc2)C1. The van der Waals surface area contributed by atoms with Crippen molar-refractivity contribution in [2.45, 2.75) is 32.2 Å². The van der Waals surface area contributed by atoms with Crippen LogP contribution in [0.2, 0.25) is 0 Å². The van der Waals surface area contributed by atoms with Gasteiger partial charge in [0.25, 0.3) is 0 Å². The molecule has 0 unspecified atom stereocenters. The van der Waals surface area contributed by atoms with Gasteiger partial charge in [-0.1, -0.05) is 19.1 Å². The van der Waals surface area contributed by atoms with Gasteiger partial charge in [-0.15, -0.1) is 0 Å². The topological polar surface area (TPSA) is 40.6 Å². The van der Waals surface area contributed by atoms with E-state index in [1.165, 1.54) is 12.1 Å². The van der Waals surface area contributed by atoms with Gasteiger partial charge in [-0.3, -0.25) is 9.59 Å². The summed E-state index contributed by atoms with van der Waals surface area (Å²) in [7, 11) is 1.72. The molecule has 3 atom stereocenters. The Morgan fingerprint density at radius 2 is 1.96 bits per heavy atom. The first-order chi connectivity index (χ1) is 11.0. The second kappa shape index (κ2) is 6.30. The molecule has 5 heteroatoms. The van der Waals surface area contributed by atoms with Gasteiger partial charge in [-0.05, 0) is 36.5 Å². The molecule has 0 spiro atoms. The van der Waals surface area contributed by atoms with E-state index in [9.17, 15) is 14.0 Å². The molecule has 23 heavy (non-hydrogen) atoms. The monoisotopic (exact) mass is 318 g/mol. The third-order valence-corrected chi connectivity index (χ3v) is 5.08. The van der Waals surface area contributed by atoms with Gasteiger partial charge in [0.15, 0.2) is 0 Å². The average molecular weight is 318 g/mol. The number of piperidine rings is 1. The molecule has 0 bridgehead atoms. The molecule has 0 aliphatic carbocycles. The molecule has 2 fully saturated rings. The van der Waals surface area contributed by atoms with E-state index in [0.29, 0.717) is 5.92 Å². The Hall–Kier alpha value is -1.91. The van der Waals surface area contributed by atoms with E-state index >= 15 is 0 Å². The standard InChI is InChI=1S/C18H23FN2O2/c1-12-4-3-9-21(11-12)18(23)15-10-16(22)20(2)17(15)13-5-7-14(19)8-6-13/h5-8,12,15,17H,3-4,9-11H2,1-2H3/t12-,15-,17+/m1/s1. The van der Waals surface area contributed by atoms with Crippen LogP contribution >= 0.6 is 0 Å². The second-order valence-electron chi connectivity index (χ2n) is 6.84. The number of likely N-dealkylation sites (tertiary alicyclic amines) is 2. The minimum Gasteiger partial charge on any atom is -0.342 e. The van der Waals surface area contributed by atoms with Gasteiger partial charge < -0.3 is 9.80 Å². The van der Waals surface area contributed by atoms with Gasteiger partial charge in [-0.25, -0.2) is 4.39 Å². The normalized spacial score (nSPS) is 28.3. The third kappa shape index (κ3) is 3.09. The molecular weight excluding hydrogens is 295 g/mol. The molecule has 2 heterocycles. The number of carbonyl (C=O) groups excluding carboxylic acids is 2. The largest absolute Gasteiger partial charge is 0.342 e. The van der Waals surface area contributed by atoms with Crippen molar-refractivity contribution in [1.29, 1.82) is 0 Å². The predicted octanol–water partition coefficient (Wildman–Crippen LogP) is 2.60. The van der Waals surface area contributed by atoms with Crippen molar-refractivity contribution < 1.29 is 14.0 Å². The van der Waals surface area contributed by atoms with Crippen LogP contribution in [0.25, 0.3) is 0 Å². The Kier molecular flexibility index (Phi) is 4.37. The lowest BCUT2D eigenvalue weighted by molar-refractivity contribution is -0.138. The van der Waals surface area contributed by atoms with Crippen molar-refractivity contribution in [2.24, 2.45) is 11.8 Å². The summed E-state index contributed by atoms with van der Waals surface area (Å²) >= 11 is 0. The Balaban J connectivity index is 1.85. The molecule has 1 aromatic carbocycles. The van der Waals surface area contributed by atoms with Crippen LogP contribution in [0.4, 0.5) is 4.39 Å². The fourth-order valence-corrected chi connectivity index (χ4v) is 3.83. The zero-order valence-corrected chi connectivity index (χ0v) is 13.7. The fourth-order valence-electron chi connectivity index (χ4n) is 3.83. The highest BCUT2D eigenvalue weighted by atomic mass is 19.1. The smallest absolute Gasteiger partial charge is 0.228 e. The molecule has 0 radical (unpaired) electrons. The van der Waals surface area contributed by atoms with Crippen LogP contribution in [0, 0.1) is 17.7 Å². The van der Waals surface area contributed by atoms with Crippen LogP contribution < -0.4 is 0 Å². The molecule has 4 nitrogen and oxygen atoms in total. The summed E-state index contributed by atoms with van der Waals surface area (Å²) < 4.78 is 13.2.